The predicted molar refractivity (Wildman–Crippen MR) is 23.8 cm³/mol. The number of hydrogen-bond donors (Lipinski definition) is 1. The van der Waals surface area contributed by atoms with Gasteiger partial charge in [-0.2, -0.15) is 0 Å². The van der Waals surface area contributed by atoms with E-state index in [2.05, 4.69) is 0 Å². The largest absolute Gasteiger partial charge is 0.762 e. The molecule has 0 aromatic carbocycles. The number of rotatable bonds is 0. The van der Waals surface area contributed by atoms with Crippen LogP contribution in [0.15, 0.2) is 0 Å². The van der Waals surface area contributed by atoms with Crippen molar-refractivity contribution in [2.75, 3.05) is 6.61 Å². The van der Waals surface area contributed by atoms with E-state index in [-0.39, 0.29) is 0 Å². The van der Waals surface area contributed by atoms with Gasteiger partial charge in [0, 0.05) is 11.1 Å². The summed E-state index contributed by atoms with van der Waals surface area (Å²) in [6, 6.07) is 0. The van der Waals surface area contributed by atoms with Crippen LogP contribution in [-0.4, -0.2) is 20.5 Å². The number of aliphatic hydroxyl groups is 1. The zero-order chi connectivity index (χ0) is 5.70. The van der Waals surface area contributed by atoms with E-state index in [4.69, 9.17) is 5.11 Å². The monoisotopic (exact) mass is 119 g/mol. The summed E-state index contributed by atoms with van der Waals surface area (Å²) in [6.07, 6.45) is 0. The van der Waals surface area contributed by atoms with E-state index >= 15 is 0 Å². The highest BCUT2D eigenvalue weighted by Crippen LogP contribution is 1.61. The molecule has 0 aromatic rings. The summed E-state index contributed by atoms with van der Waals surface area (Å²) in [5.41, 5.74) is 0. The van der Waals surface area contributed by atoms with Crippen LogP contribution < -0.4 is 0 Å². The molecule has 0 spiro atoms. The normalized spacial score (nSPS) is 11.7. The third kappa shape index (κ3) is 5.63. The second-order valence-corrected chi connectivity index (χ2v) is 1.35. The Morgan fingerprint density at radius 3 is 2.57 bits per heavy atom. The van der Waals surface area contributed by atoms with Crippen LogP contribution in [0.25, 0.3) is 0 Å². The van der Waals surface area contributed by atoms with E-state index < -0.39 is 17.7 Å². The van der Waals surface area contributed by atoms with Crippen molar-refractivity contribution in [2.24, 2.45) is 0 Å². The third-order valence-corrected chi connectivity index (χ3v) is 0.546. The van der Waals surface area contributed by atoms with Crippen LogP contribution >= 0.6 is 0 Å². The van der Waals surface area contributed by atoms with Crippen LogP contribution in [0.2, 0.25) is 0 Å². The maximum atomic E-state index is 9.47. The summed E-state index contributed by atoms with van der Waals surface area (Å²) in [6.45, 7) is -0.409. The van der Waals surface area contributed by atoms with Crippen molar-refractivity contribution in [1.29, 1.82) is 0 Å². The SMILES string of the molecule is O=S([O-])C#CCO. The molecule has 0 bridgehead atoms. The molecule has 0 amide bonds. The van der Waals surface area contributed by atoms with Gasteiger partial charge in [-0.1, -0.05) is 5.92 Å². The molecule has 7 heavy (non-hydrogen) atoms. The van der Waals surface area contributed by atoms with Gasteiger partial charge in [0.1, 0.15) is 6.61 Å². The lowest BCUT2D eigenvalue weighted by atomic mass is 10.8. The molecule has 1 N–H and O–H groups in total. The zero-order valence-electron chi connectivity index (χ0n) is 3.38. The van der Waals surface area contributed by atoms with Crippen molar-refractivity contribution in [3.8, 4) is 11.2 Å². The van der Waals surface area contributed by atoms with E-state index in [0.717, 1.165) is 0 Å². The molecule has 1 atom stereocenters. The Morgan fingerprint density at radius 2 is 2.43 bits per heavy atom. The van der Waals surface area contributed by atoms with Crippen LogP contribution in [0.1, 0.15) is 0 Å². The van der Waals surface area contributed by atoms with Gasteiger partial charge in [0.05, 0.1) is 0 Å². The third-order valence-electron chi connectivity index (χ3n) is 0.235. The molecule has 0 saturated carbocycles. The van der Waals surface area contributed by atoms with Gasteiger partial charge in [0.15, 0.2) is 0 Å². The molecular formula is C3H3O3S-. The second kappa shape index (κ2) is 3.81. The summed E-state index contributed by atoms with van der Waals surface area (Å²) in [5.74, 6) is 1.94. The van der Waals surface area contributed by atoms with E-state index in [9.17, 15) is 8.76 Å². The Morgan fingerprint density at radius 1 is 1.86 bits per heavy atom. The molecule has 0 radical (unpaired) electrons. The molecule has 3 nitrogen and oxygen atoms in total. The number of aliphatic hydroxyl groups excluding tert-OH is 1. The average molecular weight is 119 g/mol. The second-order valence-electron chi connectivity index (χ2n) is 0.672. The van der Waals surface area contributed by atoms with Crippen molar-refractivity contribution in [1.82, 2.24) is 0 Å². The van der Waals surface area contributed by atoms with Crippen LogP contribution in [-0.2, 0) is 11.1 Å². The molecule has 0 fully saturated rings. The topological polar surface area (TPSA) is 60.4 Å². The Hall–Kier alpha value is -0.370. The summed E-state index contributed by atoms with van der Waals surface area (Å²) in [5, 5.41) is 9.58. The van der Waals surface area contributed by atoms with Crippen molar-refractivity contribution in [2.45, 2.75) is 0 Å². The van der Waals surface area contributed by atoms with Gasteiger partial charge < -0.3 is 9.66 Å². The van der Waals surface area contributed by atoms with Crippen LogP contribution in [0.5, 0.6) is 0 Å². The molecule has 0 aliphatic heterocycles. The molecule has 1 unspecified atom stereocenters. The summed E-state index contributed by atoms with van der Waals surface area (Å²) >= 11 is -2.34. The first-order valence-electron chi connectivity index (χ1n) is 1.46. The minimum atomic E-state index is -2.34. The average Bonchev–Trinajstić information content (AvgIpc) is 1.61. The lowest BCUT2D eigenvalue weighted by Gasteiger charge is -1.86. The zero-order valence-corrected chi connectivity index (χ0v) is 4.20. The van der Waals surface area contributed by atoms with Gasteiger partial charge in [-0.3, -0.25) is 4.21 Å². The van der Waals surface area contributed by atoms with Crippen LogP contribution in [0.3, 0.4) is 0 Å². The van der Waals surface area contributed by atoms with E-state index in [1.807, 2.05) is 5.92 Å². The first-order valence-corrected chi connectivity index (χ1v) is 2.53. The van der Waals surface area contributed by atoms with Crippen LogP contribution in [0, 0.1) is 11.2 Å². The fourth-order valence-electron chi connectivity index (χ4n) is 0.0912. The molecule has 0 aliphatic carbocycles. The first kappa shape index (κ1) is 6.63. The van der Waals surface area contributed by atoms with Crippen molar-refractivity contribution < 1.29 is 13.9 Å². The Labute approximate surface area is 43.6 Å². The quantitative estimate of drug-likeness (QED) is 0.322. The highest BCUT2D eigenvalue weighted by atomic mass is 32.2. The van der Waals surface area contributed by atoms with Gasteiger partial charge >= 0.3 is 0 Å². The maximum Gasteiger partial charge on any atom is 0.105 e. The van der Waals surface area contributed by atoms with E-state index in [0.29, 0.717) is 0 Å². The Balaban J connectivity index is 3.45. The summed E-state index contributed by atoms with van der Waals surface area (Å²) in [4.78, 5) is 0. The molecule has 40 valence electrons. The lowest BCUT2D eigenvalue weighted by molar-refractivity contribution is 0.350. The molecule has 0 aromatic heterocycles. The fraction of sp³-hybridized carbons (Fsp3) is 0.333. The van der Waals surface area contributed by atoms with Crippen molar-refractivity contribution >= 4 is 11.1 Å². The standard InChI is InChI=1S/C3H4O3S/c4-2-1-3-7(5)6/h4H,2H2,(H,5,6)/p-1. The smallest absolute Gasteiger partial charge is 0.105 e. The predicted octanol–water partition coefficient (Wildman–Crippen LogP) is -1.18. The highest BCUT2D eigenvalue weighted by Gasteiger charge is 1.61. The Bertz CT molecular complexity index is 120. The molecule has 0 saturated heterocycles. The minimum absolute atomic E-state index is 0.409. The number of hydrogen-bond acceptors (Lipinski definition) is 3. The highest BCUT2D eigenvalue weighted by molar-refractivity contribution is 7.84. The van der Waals surface area contributed by atoms with E-state index in [1.165, 1.54) is 0 Å². The molecular weight excluding hydrogens is 116 g/mol. The van der Waals surface area contributed by atoms with Gasteiger partial charge in [0.2, 0.25) is 0 Å². The summed E-state index contributed by atoms with van der Waals surface area (Å²) in [7, 11) is 0. The fourth-order valence-corrected chi connectivity index (χ4v) is 0.274. The van der Waals surface area contributed by atoms with Gasteiger partial charge in [-0.15, -0.1) is 0 Å². The van der Waals surface area contributed by atoms with Gasteiger partial charge in [0.25, 0.3) is 0 Å². The maximum absolute atomic E-state index is 9.47. The lowest BCUT2D eigenvalue weighted by Crippen LogP contribution is -1.79. The Kier molecular flexibility index (Phi) is 3.61. The minimum Gasteiger partial charge on any atom is -0.762 e. The van der Waals surface area contributed by atoms with E-state index in [1.54, 1.807) is 5.25 Å². The van der Waals surface area contributed by atoms with Crippen molar-refractivity contribution in [3.63, 3.8) is 0 Å². The summed E-state index contributed by atoms with van der Waals surface area (Å²) < 4.78 is 18.9. The molecule has 4 heteroatoms. The van der Waals surface area contributed by atoms with Crippen molar-refractivity contribution in [3.05, 3.63) is 0 Å². The van der Waals surface area contributed by atoms with Gasteiger partial charge in [-0.05, 0) is 5.25 Å². The molecule has 0 heterocycles. The molecule has 0 aliphatic rings. The molecule has 0 rings (SSSR count). The first-order chi connectivity index (χ1) is 3.27. The van der Waals surface area contributed by atoms with Crippen LogP contribution in [0.4, 0.5) is 0 Å². The van der Waals surface area contributed by atoms with Gasteiger partial charge in [-0.25, -0.2) is 0 Å².